The first-order chi connectivity index (χ1) is 11.6. The first-order valence-electron chi connectivity index (χ1n) is 8.74. The van der Waals surface area contributed by atoms with Crippen LogP contribution in [0.3, 0.4) is 0 Å². The minimum Gasteiger partial charge on any atom is -0.338 e. The molecular weight excluding hydrogens is 304 g/mol. The molecule has 6 nitrogen and oxygen atoms in total. The average molecular weight is 330 g/mol. The summed E-state index contributed by atoms with van der Waals surface area (Å²) in [6.45, 7) is 5.82. The fourth-order valence-electron chi connectivity index (χ4n) is 2.95. The average Bonchev–Trinajstić information content (AvgIpc) is 3.39. The van der Waals surface area contributed by atoms with Gasteiger partial charge in [-0.25, -0.2) is 4.79 Å². The third kappa shape index (κ3) is 4.71. The Morgan fingerprint density at radius 1 is 1.12 bits per heavy atom. The second-order valence-electron chi connectivity index (χ2n) is 6.70. The van der Waals surface area contributed by atoms with E-state index in [1.165, 1.54) is 5.56 Å². The SMILES string of the molecule is C[C@@H](NC(=O)NC1CC1)C(=O)N1CCN(Cc2ccccc2)CC1. The van der Waals surface area contributed by atoms with Crippen LogP contribution in [-0.4, -0.2) is 60.0 Å². The van der Waals surface area contributed by atoms with E-state index in [1.54, 1.807) is 6.92 Å². The van der Waals surface area contributed by atoms with E-state index >= 15 is 0 Å². The van der Waals surface area contributed by atoms with Gasteiger partial charge in [0.05, 0.1) is 0 Å². The summed E-state index contributed by atoms with van der Waals surface area (Å²) in [6.07, 6.45) is 2.08. The first-order valence-corrected chi connectivity index (χ1v) is 8.74. The Balaban J connectivity index is 1.41. The Bertz CT molecular complexity index is 566. The topological polar surface area (TPSA) is 64.7 Å². The molecule has 1 aromatic rings. The smallest absolute Gasteiger partial charge is 0.315 e. The standard InChI is InChI=1S/C18H26N4O2/c1-14(19-18(24)20-16-7-8-16)17(23)22-11-9-21(10-12-22)13-15-5-3-2-4-6-15/h2-6,14,16H,7-13H2,1H3,(H2,19,20,24)/t14-/m1/s1. The number of carbonyl (C=O) groups excluding carboxylic acids is 2. The third-order valence-electron chi connectivity index (χ3n) is 4.56. The van der Waals surface area contributed by atoms with Gasteiger partial charge in [-0.1, -0.05) is 30.3 Å². The zero-order valence-corrected chi connectivity index (χ0v) is 14.2. The Hall–Kier alpha value is -2.08. The number of urea groups is 1. The fourth-order valence-corrected chi connectivity index (χ4v) is 2.95. The molecule has 1 aromatic carbocycles. The van der Waals surface area contributed by atoms with Gasteiger partial charge in [0.1, 0.15) is 6.04 Å². The molecule has 2 fully saturated rings. The number of benzene rings is 1. The van der Waals surface area contributed by atoms with Crippen LogP contribution in [-0.2, 0) is 11.3 Å². The Morgan fingerprint density at radius 2 is 1.79 bits per heavy atom. The van der Waals surface area contributed by atoms with Crippen molar-refractivity contribution in [2.75, 3.05) is 26.2 Å². The van der Waals surface area contributed by atoms with Gasteiger partial charge in [0.25, 0.3) is 0 Å². The van der Waals surface area contributed by atoms with Crippen LogP contribution in [0.25, 0.3) is 0 Å². The van der Waals surface area contributed by atoms with Crippen molar-refractivity contribution >= 4 is 11.9 Å². The molecular formula is C18H26N4O2. The monoisotopic (exact) mass is 330 g/mol. The number of nitrogens with one attached hydrogen (secondary N) is 2. The second kappa shape index (κ2) is 7.66. The number of hydrogen-bond acceptors (Lipinski definition) is 3. The highest BCUT2D eigenvalue weighted by molar-refractivity contribution is 5.87. The van der Waals surface area contributed by atoms with Crippen molar-refractivity contribution in [3.05, 3.63) is 35.9 Å². The van der Waals surface area contributed by atoms with E-state index in [0.29, 0.717) is 19.1 Å². The summed E-state index contributed by atoms with van der Waals surface area (Å²) in [6, 6.07) is 9.96. The van der Waals surface area contributed by atoms with E-state index in [0.717, 1.165) is 32.5 Å². The van der Waals surface area contributed by atoms with Gasteiger partial charge in [-0.3, -0.25) is 9.69 Å². The molecule has 1 atom stereocenters. The highest BCUT2D eigenvalue weighted by Gasteiger charge is 2.28. The molecule has 0 bridgehead atoms. The highest BCUT2D eigenvalue weighted by Crippen LogP contribution is 2.18. The van der Waals surface area contributed by atoms with E-state index in [-0.39, 0.29) is 11.9 Å². The van der Waals surface area contributed by atoms with E-state index < -0.39 is 6.04 Å². The minimum absolute atomic E-state index is 0.000285. The van der Waals surface area contributed by atoms with Gasteiger partial charge in [-0.15, -0.1) is 0 Å². The summed E-state index contributed by atoms with van der Waals surface area (Å²) in [4.78, 5) is 28.4. The summed E-state index contributed by atoms with van der Waals surface area (Å²) in [5, 5.41) is 5.59. The zero-order chi connectivity index (χ0) is 16.9. The number of piperazine rings is 1. The molecule has 0 spiro atoms. The molecule has 6 heteroatoms. The van der Waals surface area contributed by atoms with Gasteiger partial charge < -0.3 is 15.5 Å². The lowest BCUT2D eigenvalue weighted by atomic mass is 10.2. The summed E-state index contributed by atoms with van der Waals surface area (Å²) >= 11 is 0. The van der Waals surface area contributed by atoms with Crippen LogP contribution < -0.4 is 10.6 Å². The number of rotatable bonds is 5. The molecule has 3 rings (SSSR count). The Kier molecular flexibility index (Phi) is 5.35. The van der Waals surface area contributed by atoms with Gasteiger partial charge in [-0.05, 0) is 25.3 Å². The molecule has 0 aromatic heterocycles. The third-order valence-corrected chi connectivity index (χ3v) is 4.56. The van der Waals surface area contributed by atoms with Crippen molar-refractivity contribution in [1.82, 2.24) is 20.4 Å². The molecule has 2 aliphatic rings. The largest absolute Gasteiger partial charge is 0.338 e. The number of nitrogens with zero attached hydrogens (tertiary/aromatic N) is 2. The van der Waals surface area contributed by atoms with Gasteiger partial charge >= 0.3 is 6.03 Å². The molecule has 24 heavy (non-hydrogen) atoms. The molecule has 1 aliphatic heterocycles. The molecule has 0 unspecified atom stereocenters. The van der Waals surface area contributed by atoms with E-state index in [1.807, 2.05) is 11.0 Å². The van der Waals surface area contributed by atoms with Gasteiger partial charge in [0.15, 0.2) is 0 Å². The molecule has 1 aliphatic carbocycles. The van der Waals surface area contributed by atoms with Crippen molar-refractivity contribution < 1.29 is 9.59 Å². The van der Waals surface area contributed by atoms with E-state index in [9.17, 15) is 9.59 Å². The molecule has 2 N–H and O–H groups in total. The van der Waals surface area contributed by atoms with Crippen LogP contribution in [0.15, 0.2) is 30.3 Å². The first kappa shape index (κ1) is 16.8. The summed E-state index contributed by atoms with van der Waals surface area (Å²) < 4.78 is 0. The fraction of sp³-hybridized carbons (Fsp3) is 0.556. The number of amides is 3. The molecule has 1 saturated carbocycles. The lowest BCUT2D eigenvalue weighted by molar-refractivity contribution is -0.134. The molecule has 3 amide bonds. The van der Waals surface area contributed by atoms with Crippen molar-refractivity contribution in [1.29, 1.82) is 0 Å². The van der Waals surface area contributed by atoms with Crippen LogP contribution in [0.5, 0.6) is 0 Å². The molecule has 1 saturated heterocycles. The lowest BCUT2D eigenvalue weighted by Crippen LogP contribution is -2.55. The van der Waals surface area contributed by atoms with Crippen LogP contribution >= 0.6 is 0 Å². The summed E-state index contributed by atoms with van der Waals surface area (Å²) in [5.74, 6) is 0.000285. The maximum absolute atomic E-state index is 12.5. The maximum Gasteiger partial charge on any atom is 0.315 e. The highest BCUT2D eigenvalue weighted by atomic mass is 16.2. The van der Waals surface area contributed by atoms with Crippen LogP contribution in [0.1, 0.15) is 25.3 Å². The molecule has 0 radical (unpaired) electrons. The summed E-state index contributed by atoms with van der Waals surface area (Å²) in [7, 11) is 0. The second-order valence-corrected chi connectivity index (χ2v) is 6.70. The molecule has 130 valence electrons. The van der Waals surface area contributed by atoms with E-state index in [2.05, 4.69) is 39.8 Å². The summed E-state index contributed by atoms with van der Waals surface area (Å²) in [5.41, 5.74) is 1.30. The zero-order valence-electron chi connectivity index (χ0n) is 14.2. The Labute approximate surface area is 143 Å². The van der Waals surface area contributed by atoms with Crippen LogP contribution in [0, 0.1) is 0 Å². The van der Waals surface area contributed by atoms with Gasteiger partial charge in [0, 0.05) is 38.8 Å². The lowest BCUT2D eigenvalue weighted by Gasteiger charge is -2.36. The maximum atomic E-state index is 12.5. The number of hydrogen-bond donors (Lipinski definition) is 2. The predicted octanol–water partition coefficient (Wildman–Crippen LogP) is 1.18. The van der Waals surface area contributed by atoms with Crippen LogP contribution in [0.2, 0.25) is 0 Å². The van der Waals surface area contributed by atoms with Crippen molar-refractivity contribution in [2.45, 2.75) is 38.4 Å². The van der Waals surface area contributed by atoms with Crippen molar-refractivity contribution in [3.63, 3.8) is 0 Å². The predicted molar refractivity (Wildman–Crippen MR) is 92.5 cm³/mol. The quantitative estimate of drug-likeness (QED) is 0.852. The number of carbonyl (C=O) groups is 2. The normalized spacial score (nSPS) is 19.6. The van der Waals surface area contributed by atoms with Gasteiger partial charge in [-0.2, -0.15) is 0 Å². The minimum atomic E-state index is -0.482. The molecule has 1 heterocycles. The van der Waals surface area contributed by atoms with Crippen LogP contribution in [0.4, 0.5) is 4.79 Å². The van der Waals surface area contributed by atoms with E-state index in [4.69, 9.17) is 0 Å². The van der Waals surface area contributed by atoms with Crippen molar-refractivity contribution in [2.24, 2.45) is 0 Å². The van der Waals surface area contributed by atoms with Crippen molar-refractivity contribution in [3.8, 4) is 0 Å². The van der Waals surface area contributed by atoms with Gasteiger partial charge in [0.2, 0.25) is 5.91 Å². The Morgan fingerprint density at radius 3 is 2.42 bits per heavy atom.